The van der Waals surface area contributed by atoms with E-state index >= 15 is 0 Å². The molecule has 0 saturated carbocycles. The minimum absolute atomic E-state index is 0. The van der Waals surface area contributed by atoms with Crippen molar-refractivity contribution in [3.05, 3.63) is 13.2 Å². The average Bonchev–Trinajstić information content (AvgIpc) is 1.00. The summed E-state index contributed by atoms with van der Waals surface area (Å²) in [4.78, 5) is 0. The average molecular weight is 194 g/mol. The molecule has 0 unspecified atom stereocenters. The standard InChI is InChI=1S/C2H3.3CH4.Sn/c1-2;;;;/h1H,2H2;3*1H4;. The van der Waals surface area contributed by atoms with Gasteiger partial charge in [0.05, 0.1) is 0 Å². The molecule has 0 aliphatic heterocycles. The van der Waals surface area contributed by atoms with Gasteiger partial charge in [-0.1, -0.05) is 35.4 Å². The Bertz CT molecular complexity index is 3.90. The molecule has 0 fully saturated rings. The van der Waals surface area contributed by atoms with Gasteiger partial charge in [-0.2, -0.15) is 0 Å². The second-order valence-electron chi connectivity index (χ2n) is 0. The van der Waals surface area contributed by atoms with Crippen LogP contribution in [0.1, 0.15) is 22.3 Å². The van der Waals surface area contributed by atoms with E-state index in [0.717, 1.165) is 0 Å². The second kappa shape index (κ2) is 393. The van der Waals surface area contributed by atoms with Crippen molar-refractivity contribution in [3.63, 3.8) is 0 Å². The zero-order valence-corrected chi connectivity index (χ0v) is 4.64. The van der Waals surface area contributed by atoms with Crippen LogP contribution in [0.5, 0.6) is 0 Å². The molecule has 0 aliphatic carbocycles. The van der Waals surface area contributed by atoms with Gasteiger partial charge >= 0.3 is 0 Å². The SMILES string of the molecule is C.C.C.[CH]=C.[Sn]. The molecule has 0 atom stereocenters. The molecule has 0 saturated heterocycles. The summed E-state index contributed by atoms with van der Waals surface area (Å²) in [6.07, 6.45) is 0. The first-order valence-electron chi connectivity index (χ1n) is 0.408. The van der Waals surface area contributed by atoms with Crippen molar-refractivity contribution >= 4 is 23.9 Å². The summed E-state index contributed by atoms with van der Waals surface area (Å²) >= 11 is 0. The monoisotopic (exact) mass is 195 g/mol. The van der Waals surface area contributed by atoms with Crippen LogP contribution in [0.15, 0.2) is 6.58 Å². The van der Waals surface area contributed by atoms with Gasteiger partial charge in [0.2, 0.25) is 0 Å². The van der Waals surface area contributed by atoms with Gasteiger partial charge in [-0.3, -0.25) is 0 Å². The molecular formula is C5H15Sn. The zero-order valence-electron chi connectivity index (χ0n) is 1.78. The third-order valence-corrected chi connectivity index (χ3v) is 0. The Labute approximate surface area is 59.6 Å². The van der Waals surface area contributed by atoms with Gasteiger partial charge in [0.15, 0.2) is 0 Å². The van der Waals surface area contributed by atoms with Crippen LogP contribution >= 0.6 is 0 Å². The molecule has 1 heteroatoms. The fourth-order valence-corrected chi connectivity index (χ4v) is 0. The van der Waals surface area contributed by atoms with Crippen molar-refractivity contribution in [3.8, 4) is 0 Å². The van der Waals surface area contributed by atoms with Crippen molar-refractivity contribution in [1.29, 1.82) is 0 Å². The zero-order chi connectivity index (χ0) is 2.00. The Morgan fingerprint density at radius 1 is 0.833 bits per heavy atom. The molecule has 0 aromatic heterocycles. The van der Waals surface area contributed by atoms with E-state index in [4.69, 9.17) is 0 Å². The van der Waals surface area contributed by atoms with E-state index in [1.807, 2.05) is 0 Å². The Morgan fingerprint density at radius 3 is 0.833 bits per heavy atom. The summed E-state index contributed by atoms with van der Waals surface area (Å²) < 4.78 is 0. The molecule has 0 spiro atoms. The summed E-state index contributed by atoms with van der Waals surface area (Å²) in [7, 11) is 0. The maximum absolute atomic E-state index is 4.25. The maximum atomic E-state index is 4.25. The molecule has 0 aliphatic rings. The Morgan fingerprint density at radius 2 is 0.833 bits per heavy atom. The first kappa shape index (κ1) is 84.7. The molecule has 39 valence electrons. The third-order valence-electron chi connectivity index (χ3n) is 0. The normalized spacial score (nSPS) is 0.667. The van der Waals surface area contributed by atoms with Gasteiger partial charge in [-0.25, -0.2) is 0 Å². The Kier molecular flexibility index (Phi) is 5550. The van der Waals surface area contributed by atoms with Gasteiger partial charge in [-0.15, -0.1) is 0 Å². The van der Waals surface area contributed by atoms with E-state index in [0.29, 0.717) is 0 Å². The largest absolute Gasteiger partial charge is 0.0991 e. The van der Waals surface area contributed by atoms with E-state index in [-0.39, 0.29) is 46.2 Å². The molecule has 0 amide bonds. The van der Waals surface area contributed by atoms with Crippen LogP contribution in [0.4, 0.5) is 0 Å². The summed E-state index contributed by atoms with van der Waals surface area (Å²) in [6, 6.07) is 0. The molecule has 0 N–H and O–H groups in total. The summed E-state index contributed by atoms with van der Waals surface area (Å²) in [5, 5.41) is 0. The first-order valence-corrected chi connectivity index (χ1v) is 0.408. The molecule has 0 bridgehead atoms. The minimum atomic E-state index is 0. The summed E-state index contributed by atoms with van der Waals surface area (Å²) in [5.41, 5.74) is 0. The minimum Gasteiger partial charge on any atom is -0.0991 e. The summed E-state index contributed by atoms with van der Waals surface area (Å²) in [6.45, 7) is 7.00. The quantitative estimate of drug-likeness (QED) is 0.518. The van der Waals surface area contributed by atoms with Crippen molar-refractivity contribution in [2.75, 3.05) is 0 Å². The molecule has 6 heavy (non-hydrogen) atoms. The predicted octanol–water partition coefficient (Wildman–Crippen LogP) is 2.13. The fraction of sp³-hybridized carbons (Fsp3) is 0.600. The van der Waals surface area contributed by atoms with Crippen LogP contribution < -0.4 is 0 Å². The van der Waals surface area contributed by atoms with Gasteiger partial charge in [0.1, 0.15) is 0 Å². The third kappa shape index (κ3) is 196. The number of rotatable bonds is 0. The Balaban J connectivity index is -0.000000000833. The van der Waals surface area contributed by atoms with Crippen LogP contribution in [0.25, 0.3) is 0 Å². The summed E-state index contributed by atoms with van der Waals surface area (Å²) in [5.74, 6) is 0. The van der Waals surface area contributed by atoms with E-state index < -0.39 is 0 Å². The van der Waals surface area contributed by atoms with Crippen LogP contribution in [0, 0.1) is 6.58 Å². The molecule has 0 rings (SSSR count). The van der Waals surface area contributed by atoms with Crippen molar-refractivity contribution in [2.24, 2.45) is 0 Å². The van der Waals surface area contributed by atoms with Crippen molar-refractivity contribution in [1.82, 2.24) is 0 Å². The topological polar surface area (TPSA) is 0 Å². The van der Waals surface area contributed by atoms with E-state index in [1.165, 1.54) is 0 Å². The molecule has 0 aromatic rings. The number of hydrogen-bond acceptors (Lipinski definition) is 0. The van der Waals surface area contributed by atoms with E-state index in [2.05, 4.69) is 13.2 Å². The van der Waals surface area contributed by atoms with Gasteiger partial charge in [0, 0.05) is 23.9 Å². The maximum Gasteiger partial charge on any atom is 0 e. The number of hydrogen-bond donors (Lipinski definition) is 0. The predicted molar refractivity (Wildman–Crippen MR) is 35.9 cm³/mol. The van der Waals surface area contributed by atoms with Crippen molar-refractivity contribution < 1.29 is 0 Å². The first-order chi connectivity index (χ1) is 1.00. The molecule has 0 heterocycles. The van der Waals surface area contributed by atoms with Crippen LogP contribution in [-0.2, 0) is 0 Å². The fourth-order valence-electron chi connectivity index (χ4n) is 0. The molecule has 0 aromatic carbocycles. The van der Waals surface area contributed by atoms with E-state index in [1.54, 1.807) is 0 Å². The van der Waals surface area contributed by atoms with Crippen LogP contribution in [0.3, 0.4) is 0 Å². The molecular weight excluding hydrogens is 179 g/mol. The van der Waals surface area contributed by atoms with Crippen LogP contribution in [-0.4, -0.2) is 23.9 Å². The van der Waals surface area contributed by atoms with Crippen LogP contribution in [0.2, 0.25) is 0 Å². The molecule has 5 radical (unpaired) electrons. The van der Waals surface area contributed by atoms with Crippen molar-refractivity contribution in [2.45, 2.75) is 22.3 Å². The molecule has 0 nitrogen and oxygen atoms in total. The van der Waals surface area contributed by atoms with Gasteiger partial charge in [-0.05, 0) is 0 Å². The Hall–Kier alpha value is 0.539. The van der Waals surface area contributed by atoms with Gasteiger partial charge < -0.3 is 0 Å². The smallest absolute Gasteiger partial charge is 0 e. The van der Waals surface area contributed by atoms with Gasteiger partial charge in [0.25, 0.3) is 0 Å². The second-order valence-corrected chi connectivity index (χ2v) is 0. The van der Waals surface area contributed by atoms with E-state index in [9.17, 15) is 0 Å².